The number of nitrogens with one attached hydrogen (secondary N) is 1. The van der Waals surface area contributed by atoms with Crippen molar-refractivity contribution in [2.75, 3.05) is 40.4 Å². The molecule has 0 aromatic heterocycles. The lowest BCUT2D eigenvalue weighted by Crippen LogP contribution is -2.45. The molecule has 1 fully saturated rings. The van der Waals surface area contributed by atoms with Crippen molar-refractivity contribution in [3.8, 4) is 11.5 Å². The first-order valence-corrected chi connectivity index (χ1v) is 8.95. The number of halogens is 1. The number of hydrogen-bond acceptors (Lipinski definition) is 4. The molecule has 0 bridgehead atoms. The van der Waals surface area contributed by atoms with Gasteiger partial charge in [0, 0.05) is 36.2 Å². The number of methoxy groups -OCH3 is 2. The van der Waals surface area contributed by atoms with Crippen LogP contribution in [0.3, 0.4) is 0 Å². The first-order valence-electron chi connectivity index (χ1n) is 8.15. The number of nitrogens with zero attached hydrogens (tertiary/aromatic N) is 1. The van der Waals surface area contributed by atoms with Gasteiger partial charge in [-0.05, 0) is 29.8 Å². The summed E-state index contributed by atoms with van der Waals surface area (Å²) in [5, 5.41) is 3.43. The summed E-state index contributed by atoms with van der Waals surface area (Å²) >= 11 is 3.73. The zero-order valence-corrected chi connectivity index (χ0v) is 15.7. The van der Waals surface area contributed by atoms with Crippen LogP contribution < -0.4 is 14.8 Å². The van der Waals surface area contributed by atoms with Gasteiger partial charge in [0.1, 0.15) is 11.5 Å². The van der Waals surface area contributed by atoms with Crippen LogP contribution >= 0.6 is 15.9 Å². The van der Waals surface area contributed by atoms with Crippen molar-refractivity contribution in [3.05, 3.63) is 58.1 Å². The zero-order chi connectivity index (χ0) is 16.9. The van der Waals surface area contributed by atoms with E-state index in [2.05, 4.69) is 50.4 Å². The minimum absolute atomic E-state index is 0.118. The largest absolute Gasteiger partial charge is 0.497 e. The standard InChI is InChI=1S/C19H23BrN2O2/c1-23-14-7-8-18(24-2)16(13-14)19(22-11-9-21-10-12-22)15-5-3-4-6-17(15)20/h3-8,13,19,21H,9-12H2,1-2H3. The van der Waals surface area contributed by atoms with Gasteiger partial charge in [-0.1, -0.05) is 34.1 Å². The van der Waals surface area contributed by atoms with Crippen LogP contribution in [0.25, 0.3) is 0 Å². The van der Waals surface area contributed by atoms with Crippen LogP contribution in [0.5, 0.6) is 11.5 Å². The average Bonchev–Trinajstić information content (AvgIpc) is 2.64. The van der Waals surface area contributed by atoms with Crippen LogP contribution in [-0.2, 0) is 0 Å². The van der Waals surface area contributed by atoms with Crippen molar-refractivity contribution in [1.29, 1.82) is 0 Å². The van der Waals surface area contributed by atoms with Crippen molar-refractivity contribution in [1.82, 2.24) is 10.2 Å². The first kappa shape index (κ1) is 17.3. The van der Waals surface area contributed by atoms with Crippen molar-refractivity contribution < 1.29 is 9.47 Å². The number of benzene rings is 2. The van der Waals surface area contributed by atoms with E-state index in [4.69, 9.17) is 9.47 Å². The Labute approximate surface area is 151 Å². The van der Waals surface area contributed by atoms with Crippen LogP contribution in [0, 0.1) is 0 Å². The molecule has 0 radical (unpaired) electrons. The van der Waals surface area contributed by atoms with Crippen molar-refractivity contribution in [2.45, 2.75) is 6.04 Å². The van der Waals surface area contributed by atoms with E-state index in [1.54, 1.807) is 14.2 Å². The molecule has 1 saturated heterocycles. The average molecular weight is 391 g/mol. The molecule has 1 aliphatic rings. The molecule has 2 aromatic carbocycles. The van der Waals surface area contributed by atoms with Crippen LogP contribution in [0.2, 0.25) is 0 Å². The molecule has 1 N–H and O–H groups in total. The van der Waals surface area contributed by atoms with Gasteiger partial charge in [0.15, 0.2) is 0 Å². The number of ether oxygens (including phenoxy) is 2. The van der Waals surface area contributed by atoms with E-state index in [0.29, 0.717) is 0 Å². The summed E-state index contributed by atoms with van der Waals surface area (Å²) in [6, 6.07) is 14.5. The van der Waals surface area contributed by atoms with Gasteiger partial charge in [0.2, 0.25) is 0 Å². The maximum atomic E-state index is 5.66. The van der Waals surface area contributed by atoms with Crippen molar-refractivity contribution in [2.24, 2.45) is 0 Å². The third-order valence-electron chi connectivity index (χ3n) is 4.45. The van der Waals surface area contributed by atoms with Gasteiger partial charge in [-0.15, -0.1) is 0 Å². The third kappa shape index (κ3) is 3.58. The molecule has 1 aliphatic heterocycles. The molecule has 1 heterocycles. The van der Waals surface area contributed by atoms with Gasteiger partial charge in [0.05, 0.1) is 20.3 Å². The van der Waals surface area contributed by atoms with Crippen LogP contribution in [-0.4, -0.2) is 45.3 Å². The Kier molecular flexibility index (Phi) is 5.76. The molecule has 3 rings (SSSR count). The van der Waals surface area contributed by atoms with E-state index in [-0.39, 0.29) is 6.04 Å². The normalized spacial score (nSPS) is 16.6. The van der Waals surface area contributed by atoms with Gasteiger partial charge < -0.3 is 14.8 Å². The van der Waals surface area contributed by atoms with Gasteiger partial charge in [-0.3, -0.25) is 4.90 Å². The highest BCUT2D eigenvalue weighted by atomic mass is 79.9. The molecule has 2 aromatic rings. The minimum Gasteiger partial charge on any atom is -0.497 e. The monoisotopic (exact) mass is 390 g/mol. The molecule has 1 unspecified atom stereocenters. The summed E-state index contributed by atoms with van der Waals surface area (Å²) in [5.41, 5.74) is 2.37. The Hall–Kier alpha value is -1.56. The second-order valence-corrected chi connectivity index (χ2v) is 6.67. The van der Waals surface area contributed by atoms with Gasteiger partial charge >= 0.3 is 0 Å². The third-order valence-corrected chi connectivity index (χ3v) is 5.17. The fraction of sp³-hybridized carbons (Fsp3) is 0.368. The van der Waals surface area contributed by atoms with Gasteiger partial charge in [-0.2, -0.15) is 0 Å². The summed E-state index contributed by atoms with van der Waals surface area (Å²) in [5.74, 6) is 1.73. The fourth-order valence-corrected chi connectivity index (χ4v) is 3.75. The fourth-order valence-electron chi connectivity index (χ4n) is 3.25. The van der Waals surface area contributed by atoms with E-state index in [9.17, 15) is 0 Å². The Balaban J connectivity index is 2.12. The number of rotatable bonds is 5. The van der Waals surface area contributed by atoms with Crippen molar-refractivity contribution >= 4 is 15.9 Å². The Morgan fingerprint density at radius 3 is 2.42 bits per heavy atom. The predicted molar refractivity (Wildman–Crippen MR) is 100.0 cm³/mol. The lowest BCUT2D eigenvalue weighted by atomic mass is 9.95. The molecule has 0 amide bonds. The van der Waals surface area contributed by atoms with Gasteiger partial charge in [0.25, 0.3) is 0 Å². The predicted octanol–water partition coefficient (Wildman–Crippen LogP) is 3.46. The lowest BCUT2D eigenvalue weighted by Gasteiger charge is -2.36. The topological polar surface area (TPSA) is 33.7 Å². The van der Waals surface area contributed by atoms with E-state index < -0.39 is 0 Å². The number of hydrogen-bond donors (Lipinski definition) is 1. The van der Waals surface area contributed by atoms with E-state index in [1.807, 2.05) is 18.2 Å². The quantitative estimate of drug-likeness (QED) is 0.847. The Morgan fingerprint density at radius 1 is 1.00 bits per heavy atom. The van der Waals surface area contributed by atoms with Crippen LogP contribution in [0.1, 0.15) is 17.2 Å². The maximum absolute atomic E-state index is 5.66. The highest BCUT2D eigenvalue weighted by Gasteiger charge is 2.28. The van der Waals surface area contributed by atoms with Crippen LogP contribution in [0.4, 0.5) is 0 Å². The van der Waals surface area contributed by atoms with E-state index in [0.717, 1.165) is 47.7 Å². The summed E-state index contributed by atoms with van der Waals surface area (Å²) in [7, 11) is 3.42. The van der Waals surface area contributed by atoms with Gasteiger partial charge in [-0.25, -0.2) is 0 Å². The molecular weight excluding hydrogens is 368 g/mol. The summed E-state index contributed by atoms with van der Waals surface area (Å²) in [4.78, 5) is 2.49. The lowest BCUT2D eigenvalue weighted by molar-refractivity contribution is 0.194. The molecule has 1 atom stereocenters. The summed E-state index contributed by atoms with van der Waals surface area (Å²) < 4.78 is 12.2. The molecule has 4 nitrogen and oxygen atoms in total. The summed E-state index contributed by atoms with van der Waals surface area (Å²) in [6.45, 7) is 3.97. The highest BCUT2D eigenvalue weighted by molar-refractivity contribution is 9.10. The minimum atomic E-state index is 0.118. The second-order valence-electron chi connectivity index (χ2n) is 5.82. The van der Waals surface area contributed by atoms with Crippen molar-refractivity contribution in [3.63, 3.8) is 0 Å². The molecule has 24 heavy (non-hydrogen) atoms. The SMILES string of the molecule is COc1ccc(OC)c(C(c2ccccc2Br)N2CCNCC2)c1. The molecular formula is C19H23BrN2O2. The Bertz CT molecular complexity index is 687. The maximum Gasteiger partial charge on any atom is 0.124 e. The molecule has 5 heteroatoms. The van der Waals surface area contributed by atoms with E-state index >= 15 is 0 Å². The number of piperazine rings is 1. The second kappa shape index (κ2) is 8.01. The van der Waals surface area contributed by atoms with Crippen LogP contribution in [0.15, 0.2) is 46.9 Å². The molecule has 0 saturated carbocycles. The smallest absolute Gasteiger partial charge is 0.124 e. The molecule has 128 valence electrons. The zero-order valence-electron chi connectivity index (χ0n) is 14.1. The summed E-state index contributed by atoms with van der Waals surface area (Å²) in [6.07, 6.45) is 0. The molecule has 0 aliphatic carbocycles. The Morgan fingerprint density at radius 2 is 1.75 bits per heavy atom. The first-order chi connectivity index (χ1) is 11.7. The highest BCUT2D eigenvalue weighted by Crippen LogP contribution is 2.39. The van der Waals surface area contributed by atoms with E-state index in [1.165, 1.54) is 5.56 Å². The molecule has 0 spiro atoms.